The first kappa shape index (κ1) is 36.4. The van der Waals surface area contributed by atoms with Gasteiger partial charge in [-0.15, -0.1) is 11.5 Å². The number of nitrogens with one attached hydrogen (secondary N) is 3. The number of terminal acetylenes is 1. The number of aliphatic hydroxyl groups is 4. The van der Waals surface area contributed by atoms with Gasteiger partial charge in [-0.25, -0.2) is 9.89 Å². The van der Waals surface area contributed by atoms with E-state index in [1.165, 1.54) is 0 Å². The van der Waals surface area contributed by atoms with Gasteiger partial charge in [-0.2, -0.15) is 0 Å². The van der Waals surface area contributed by atoms with Crippen LogP contribution in [0.25, 0.3) is 11.4 Å². The van der Waals surface area contributed by atoms with Gasteiger partial charge in [0.1, 0.15) is 25.4 Å². The lowest BCUT2D eigenvalue weighted by atomic mass is 9.88. The number of aromatic nitrogens is 4. The van der Waals surface area contributed by atoms with E-state index in [-0.39, 0.29) is 19.6 Å². The van der Waals surface area contributed by atoms with Crippen molar-refractivity contribution < 1.29 is 54.1 Å². The average molecular weight is 649 g/mol. The smallest absolute Gasteiger partial charge is 0.364 e. The van der Waals surface area contributed by atoms with Gasteiger partial charge in [0.05, 0.1) is 31.3 Å². The van der Waals surface area contributed by atoms with Crippen molar-refractivity contribution in [2.24, 2.45) is 0 Å². The van der Waals surface area contributed by atoms with Gasteiger partial charge >= 0.3 is 5.97 Å². The molecule has 2 aromatic rings. The third-order valence-electron chi connectivity index (χ3n) is 7.25. The molecular formula is C29H40N6O11. The Morgan fingerprint density at radius 3 is 2.48 bits per heavy atom. The second-order valence-electron chi connectivity index (χ2n) is 10.7. The molecule has 252 valence electrons. The lowest BCUT2D eigenvalue weighted by molar-refractivity contribution is -0.310. The Hall–Kier alpha value is -4.02. The summed E-state index contributed by atoms with van der Waals surface area (Å²) in [6.07, 6.45) is 0.0659. The fourth-order valence-corrected chi connectivity index (χ4v) is 4.84. The third kappa shape index (κ3) is 10.5. The van der Waals surface area contributed by atoms with Crippen molar-refractivity contribution in [2.45, 2.75) is 74.8 Å². The third-order valence-corrected chi connectivity index (χ3v) is 7.25. The van der Waals surface area contributed by atoms with E-state index < -0.39 is 73.6 Å². The van der Waals surface area contributed by atoms with Gasteiger partial charge in [0.15, 0.2) is 5.82 Å². The number of aromatic amines is 1. The Morgan fingerprint density at radius 2 is 1.85 bits per heavy atom. The quantitative estimate of drug-likeness (QED) is 0.0599. The molecule has 0 unspecified atom stereocenters. The number of tetrazole rings is 1. The molecule has 0 aliphatic carbocycles. The number of carbonyl (C=O) groups is 3. The van der Waals surface area contributed by atoms with E-state index in [0.717, 1.165) is 12.8 Å². The number of aliphatic hydroxyl groups excluding tert-OH is 4. The van der Waals surface area contributed by atoms with Crippen LogP contribution in [0.3, 0.4) is 0 Å². The molecule has 1 aliphatic rings. The van der Waals surface area contributed by atoms with Crippen LogP contribution in [0.1, 0.15) is 37.7 Å². The van der Waals surface area contributed by atoms with Crippen molar-refractivity contribution in [1.29, 1.82) is 0 Å². The highest BCUT2D eigenvalue weighted by atomic mass is 16.7. The zero-order valence-electron chi connectivity index (χ0n) is 25.1. The van der Waals surface area contributed by atoms with Crippen molar-refractivity contribution in [3.63, 3.8) is 0 Å². The highest BCUT2D eigenvalue weighted by molar-refractivity contribution is 5.79. The van der Waals surface area contributed by atoms with E-state index in [1.54, 1.807) is 24.3 Å². The van der Waals surface area contributed by atoms with E-state index in [4.69, 9.17) is 20.6 Å². The first-order valence-corrected chi connectivity index (χ1v) is 14.7. The molecule has 1 aliphatic heterocycles. The number of carboxylic acid groups (broad SMARTS) is 1. The number of hydrogen-bond acceptors (Lipinski definition) is 13. The monoisotopic (exact) mass is 648 g/mol. The van der Waals surface area contributed by atoms with Gasteiger partial charge in [-0.1, -0.05) is 43.0 Å². The molecular weight excluding hydrogens is 608 g/mol. The predicted molar refractivity (Wildman–Crippen MR) is 157 cm³/mol. The molecule has 0 bridgehead atoms. The average Bonchev–Trinajstić information content (AvgIpc) is 3.59. The highest BCUT2D eigenvalue weighted by Crippen LogP contribution is 2.34. The second-order valence-corrected chi connectivity index (χ2v) is 10.7. The van der Waals surface area contributed by atoms with Crippen LogP contribution >= 0.6 is 0 Å². The maximum absolute atomic E-state index is 12.6. The van der Waals surface area contributed by atoms with Crippen molar-refractivity contribution in [3.8, 4) is 23.7 Å². The zero-order valence-corrected chi connectivity index (χ0v) is 25.1. The van der Waals surface area contributed by atoms with Crippen LogP contribution in [0, 0.1) is 12.3 Å². The van der Waals surface area contributed by atoms with Crippen LogP contribution in [0.15, 0.2) is 24.3 Å². The molecule has 17 heteroatoms. The number of ether oxygens (including phenoxy) is 3. The van der Waals surface area contributed by atoms with Gasteiger partial charge in [0, 0.05) is 25.1 Å². The molecule has 3 rings (SSSR count). The number of nitrogens with zero attached hydrogens (tertiary/aromatic N) is 3. The summed E-state index contributed by atoms with van der Waals surface area (Å²) in [6.45, 7) is -0.815. The molecule has 6 atom stereocenters. The number of aliphatic carboxylic acids is 1. The summed E-state index contributed by atoms with van der Waals surface area (Å²) >= 11 is 0. The number of hydrogen-bond donors (Lipinski definition) is 8. The molecule has 0 radical (unpaired) electrons. The van der Waals surface area contributed by atoms with E-state index >= 15 is 0 Å². The number of rotatable bonds is 19. The van der Waals surface area contributed by atoms with Crippen LogP contribution < -0.4 is 10.6 Å². The normalized spacial score (nSPS) is 22.4. The maximum Gasteiger partial charge on any atom is 0.364 e. The van der Waals surface area contributed by atoms with Crippen LogP contribution in [0.4, 0.5) is 0 Å². The summed E-state index contributed by atoms with van der Waals surface area (Å²) in [7, 11) is 0. The molecule has 46 heavy (non-hydrogen) atoms. The summed E-state index contributed by atoms with van der Waals surface area (Å²) in [5.74, 6) is -2.62. The number of unbranched alkanes of at least 4 members (excludes halogenated alkanes) is 3. The summed E-state index contributed by atoms with van der Waals surface area (Å²) in [5, 5.41) is 70.2. The number of carboxylic acids is 1. The van der Waals surface area contributed by atoms with Gasteiger partial charge in [-0.3, -0.25) is 9.59 Å². The van der Waals surface area contributed by atoms with Crippen molar-refractivity contribution in [1.82, 2.24) is 31.3 Å². The molecule has 17 nitrogen and oxygen atoms in total. The lowest BCUT2D eigenvalue weighted by Crippen LogP contribution is -2.68. The molecule has 1 saturated heterocycles. The van der Waals surface area contributed by atoms with Crippen molar-refractivity contribution in [3.05, 3.63) is 29.8 Å². The molecule has 1 aromatic carbocycles. The number of benzene rings is 1. The summed E-state index contributed by atoms with van der Waals surface area (Å²) < 4.78 is 16.5. The molecule has 0 saturated carbocycles. The SMILES string of the molecule is C#CCOCCCCCCO[C@]1(C(=O)O)C[C@H](O)[C@@H](NC(=O)CO)[C@H]([C@H](O)[C@H](O)CNC(=O)Cc2ccc(-c3nnn[nH]3)cc2)O1. The molecule has 1 fully saturated rings. The Kier molecular flexibility index (Phi) is 14.4. The number of H-pyrrole nitrogens is 1. The van der Waals surface area contributed by atoms with E-state index in [1.807, 2.05) is 0 Å². The molecule has 2 amide bonds. The standard InChI is InChI=1S/C29H40N6O11/c1-2-11-44-12-5-3-4-6-13-45-29(28(42)43)15-20(37)24(31-23(40)17-36)26(46-29)25(41)21(38)16-30-22(39)14-18-7-9-19(10-8-18)27-32-34-35-33-27/h1,7-10,20-21,24-26,36-38,41H,3-6,11-17H2,(H,30,39)(H,31,40)(H,42,43)(H,32,33,34,35)/t20-,21+,24+,25+,26+,29+/m0/s1. The second kappa shape index (κ2) is 18.2. The van der Waals surface area contributed by atoms with Crippen molar-refractivity contribution >= 4 is 17.8 Å². The van der Waals surface area contributed by atoms with E-state index in [2.05, 4.69) is 37.2 Å². The Bertz CT molecular complexity index is 1290. The fraction of sp³-hybridized carbons (Fsp3) is 0.586. The Morgan fingerprint density at radius 1 is 1.13 bits per heavy atom. The number of amides is 2. The minimum Gasteiger partial charge on any atom is -0.477 e. The summed E-state index contributed by atoms with van der Waals surface area (Å²) in [4.78, 5) is 36.9. The molecule has 1 aromatic heterocycles. The summed E-state index contributed by atoms with van der Waals surface area (Å²) in [5.41, 5.74) is 1.34. The molecule has 0 spiro atoms. The van der Waals surface area contributed by atoms with Crippen LogP contribution in [0.5, 0.6) is 0 Å². The van der Waals surface area contributed by atoms with Crippen LogP contribution in [-0.4, -0.2) is 133 Å². The minimum absolute atomic E-state index is 0.0700. The Balaban J connectivity index is 1.60. The zero-order chi connectivity index (χ0) is 33.5. The van der Waals surface area contributed by atoms with E-state index in [9.17, 15) is 39.9 Å². The highest BCUT2D eigenvalue weighted by Gasteiger charge is 2.55. The van der Waals surface area contributed by atoms with Crippen LogP contribution in [-0.2, 0) is 35.0 Å². The van der Waals surface area contributed by atoms with Crippen molar-refractivity contribution in [2.75, 3.05) is 33.0 Å². The first-order valence-electron chi connectivity index (χ1n) is 14.7. The largest absolute Gasteiger partial charge is 0.477 e. The minimum atomic E-state index is -2.42. The van der Waals surface area contributed by atoms with Gasteiger partial charge in [0.25, 0.3) is 5.79 Å². The predicted octanol–water partition coefficient (Wildman–Crippen LogP) is -2.12. The van der Waals surface area contributed by atoms with Gasteiger partial charge in [-0.05, 0) is 28.8 Å². The lowest BCUT2D eigenvalue weighted by Gasteiger charge is -2.46. The molecule has 8 N–H and O–H groups in total. The molecule has 2 heterocycles. The Labute approximate surface area is 264 Å². The fourth-order valence-electron chi connectivity index (χ4n) is 4.84. The first-order chi connectivity index (χ1) is 22.1. The maximum atomic E-state index is 12.6. The van der Waals surface area contributed by atoms with Crippen LogP contribution in [0.2, 0.25) is 0 Å². The van der Waals surface area contributed by atoms with E-state index in [0.29, 0.717) is 36.4 Å². The number of carbonyl (C=O) groups excluding carboxylic acids is 2. The van der Waals surface area contributed by atoms with Gasteiger partial charge in [0.2, 0.25) is 11.8 Å². The topological polar surface area (TPSA) is 259 Å². The van der Waals surface area contributed by atoms with Gasteiger partial charge < -0.3 is 50.4 Å². The summed E-state index contributed by atoms with van der Waals surface area (Å²) in [6, 6.07) is 5.37.